The van der Waals surface area contributed by atoms with Gasteiger partial charge in [0.25, 0.3) is 0 Å². The maximum atomic E-state index is 12.3. The normalized spacial score (nSPS) is 34.5. The molecule has 2 N–H and O–H groups in total. The van der Waals surface area contributed by atoms with Crippen LogP contribution in [0.5, 0.6) is 0 Å². The van der Waals surface area contributed by atoms with Crippen molar-refractivity contribution in [1.29, 1.82) is 0 Å². The topological polar surface area (TPSA) is 62.2 Å². The van der Waals surface area contributed by atoms with E-state index in [9.17, 15) is 9.90 Å². The van der Waals surface area contributed by atoms with Gasteiger partial charge in [0.15, 0.2) is 0 Å². The highest BCUT2D eigenvalue weighted by molar-refractivity contribution is 9.10. The summed E-state index contributed by atoms with van der Waals surface area (Å²) in [5, 5.41) is 12.9. The number of anilines is 1. The lowest BCUT2D eigenvalue weighted by atomic mass is 9.68. The molecule has 18 heavy (non-hydrogen) atoms. The number of pyridine rings is 1. The third kappa shape index (κ3) is 1.68. The zero-order chi connectivity index (χ0) is 13.0. The summed E-state index contributed by atoms with van der Waals surface area (Å²) in [5.41, 5.74) is 0.462. The Bertz CT molecular complexity index is 518. The number of amides is 1. The number of fused-ring (bicyclic) bond motifs is 2. The summed E-state index contributed by atoms with van der Waals surface area (Å²) in [7, 11) is 0. The van der Waals surface area contributed by atoms with Gasteiger partial charge < -0.3 is 10.4 Å². The fourth-order valence-electron chi connectivity index (χ4n) is 2.94. The Balaban J connectivity index is 2.02. The van der Waals surface area contributed by atoms with E-state index in [1.54, 1.807) is 6.20 Å². The van der Waals surface area contributed by atoms with E-state index in [0.717, 1.165) is 15.9 Å². The van der Waals surface area contributed by atoms with E-state index in [1.165, 1.54) is 0 Å². The van der Waals surface area contributed by atoms with Gasteiger partial charge >= 0.3 is 0 Å². The van der Waals surface area contributed by atoms with Gasteiger partial charge in [-0.1, -0.05) is 0 Å². The van der Waals surface area contributed by atoms with E-state index >= 15 is 0 Å². The molecule has 1 amide bonds. The van der Waals surface area contributed by atoms with Crippen molar-refractivity contribution < 1.29 is 9.90 Å². The molecule has 1 aromatic rings. The average molecular weight is 311 g/mol. The molecule has 0 radical (unpaired) electrons. The number of carbonyl (C=O) groups is 1. The summed E-state index contributed by atoms with van der Waals surface area (Å²) in [6.45, 7) is 1.84. The Morgan fingerprint density at radius 3 is 2.72 bits per heavy atom. The van der Waals surface area contributed by atoms with Gasteiger partial charge in [0.1, 0.15) is 0 Å². The highest BCUT2D eigenvalue weighted by Gasteiger charge is 2.51. The number of halogens is 1. The van der Waals surface area contributed by atoms with Gasteiger partial charge in [-0.05, 0) is 54.6 Å². The van der Waals surface area contributed by atoms with Crippen molar-refractivity contribution in [2.75, 3.05) is 5.32 Å². The van der Waals surface area contributed by atoms with Gasteiger partial charge in [-0.25, -0.2) is 0 Å². The Labute approximate surface area is 114 Å². The van der Waals surface area contributed by atoms with E-state index in [2.05, 4.69) is 26.2 Å². The van der Waals surface area contributed by atoms with Crippen LogP contribution in [-0.4, -0.2) is 21.6 Å². The largest absolute Gasteiger partial charge is 0.390 e. The first kappa shape index (κ1) is 12.1. The fraction of sp³-hybridized carbons (Fsp3) is 0.538. The molecule has 2 heterocycles. The highest BCUT2D eigenvalue weighted by Crippen LogP contribution is 2.48. The van der Waals surface area contributed by atoms with Crippen molar-refractivity contribution in [1.82, 2.24) is 4.98 Å². The van der Waals surface area contributed by atoms with Crippen molar-refractivity contribution >= 4 is 27.5 Å². The lowest BCUT2D eigenvalue weighted by Crippen LogP contribution is -2.43. The summed E-state index contributed by atoms with van der Waals surface area (Å²) < 4.78 is 0.862. The van der Waals surface area contributed by atoms with Crippen molar-refractivity contribution in [3.63, 3.8) is 0 Å². The van der Waals surface area contributed by atoms with Gasteiger partial charge in [-0.3, -0.25) is 9.78 Å². The van der Waals surface area contributed by atoms with Crippen LogP contribution >= 0.6 is 15.9 Å². The van der Waals surface area contributed by atoms with Crippen LogP contribution in [0, 0.1) is 0 Å². The van der Waals surface area contributed by atoms with Crippen LogP contribution in [0.15, 0.2) is 16.7 Å². The third-order valence-electron chi connectivity index (χ3n) is 4.17. The zero-order valence-corrected chi connectivity index (χ0v) is 11.7. The molecule has 1 saturated carbocycles. The molecule has 0 aromatic carbocycles. The number of carbonyl (C=O) groups excluding carboxylic acids is 1. The van der Waals surface area contributed by atoms with Gasteiger partial charge in [-0.15, -0.1) is 0 Å². The van der Waals surface area contributed by atoms with Crippen LogP contribution in [0.4, 0.5) is 5.69 Å². The van der Waals surface area contributed by atoms with Gasteiger partial charge in [0.05, 0.1) is 22.4 Å². The first-order chi connectivity index (χ1) is 8.43. The summed E-state index contributed by atoms with van der Waals surface area (Å²) in [6.07, 6.45) is 4.32. The Kier molecular flexibility index (Phi) is 2.54. The molecule has 96 valence electrons. The van der Waals surface area contributed by atoms with Gasteiger partial charge in [0.2, 0.25) is 5.91 Å². The number of rotatable bonds is 0. The molecule has 5 heteroatoms. The summed E-state index contributed by atoms with van der Waals surface area (Å²) in [5.74, 6) is 0.0265. The van der Waals surface area contributed by atoms with Crippen LogP contribution in [0.1, 0.15) is 38.3 Å². The Morgan fingerprint density at radius 1 is 1.39 bits per heavy atom. The maximum absolute atomic E-state index is 12.3. The molecule has 1 aliphatic heterocycles. The minimum Gasteiger partial charge on any atom is -0.390 e. The number of nitrogens with zero attached hydrogens (tertiary/aromatic N) is 1. The van der Waals surface area contributed by atoms with Crippen molar-refractivity contribution in [2.24, 2.45) is 0 Å². The van der Waals surface area contributed by atoms with E-state index in [4.69, 9.17) is 0 Å². The number of aliphatic hydroxyl groups is 1. The third-order valence-corrected chi connectivity index (χ3v) is 4.60. The molecule has 1 fully saturated rings. The second kappa shape index (κ2) is 3.78. The monoisotopic (exact) mass is 310 g/mol. The number of aromatic nitrogens is 1. The van der Waals surface area contributed by atoms with Gasteiger partial charge in [0, 0.05) is 10.7 Å². The Hall–Kier alpha value is -0.940. The molecular weight excluding hydrogens is 296 g/mol. The molecular formula is C13H15BrN2O2. The van der Waals surface area contributed by atoms with E-state index in [-0.39, 0.29) is 5.91 Å². The van der Waals surface area contributed by atoms with Crippen LogP contribution < -0.4 is 5.32 Å². The minimum atomic E-state index is -0.649. The summed E-state index contributed by atoms with van der Waals surface area (Å²) >= 11 is 3.36. The summed E-state index contributed by atoms with van der Waals surface area (Å²) in [4.78, 5) is 16.7. The Morgan fingerprint density at radius 2 is 2.06 bits per heavy atom. The van der Waals surface area contributed by atoms with Crippen LogP contribution in [0.25, 0.3) is 0 Å². The van der Waals surface area contributed by atoms with Crippen LogP contribution in [0.3, 0.4) is 0 Å². The van der Waals surface area contributed by atoms with E-state index in [1.807, 2.05) is 13.0 Å². The molecule has 1 aromatic heterocycles. The second-order valence-electron chi connectivity index (χ2n) is 5.58. The SMILES string of the molecule is CC1(O)CCC2(CC1)C(=O)Nc1cc(Br)cnc12. The lowest BCUT2D eigenvalue weighted by molar-refractivity contribution is -0.124. The standard InChI is InChI=1S/C13H15BrN2O2/c1-12(18)2-4-13(5-3-12)10-9(16-11(13)17)6-8(14)7-15-10/h6-7,18H,2-5H2,1H3,(H,16,17). The molecule has 0 unspecified atom stereocenters. The molecule has 0 atom stereocenters. The molecule has 1 spiro atoms. The summed E-state index contributed by atoms with van der Waals surface area (Å²) in [6, 6.07) is 1.89. The zero-order valence-electron chi connectivity index (χ0n) is 10.2. The molecule has 2 aliphatic rings. The minimum absolute atomic E-state index is 0.0265. The first-order valence-electron chi connectivity index (χ1n) is 6.13. The predicted octanol–water partition coefficient (Wildman–Crippen LogP) is 2.36. The van der Waals surface area contributed by atoms with Crippen LogP contribution in [-0.2, 0) is 10.2 Å². The smallest absolute Gasteiger partial charge is 0.236 e. The fourth-order valence-corrected chi connectivity index (χ4v) is 3.28. The molecule has 0 bridgehead atoms. The molecule has 4 nitrogen and oxygen atoms in total. The lowest BCUT2D eigenvalue weighted by Gasteiger charge is -2.38. The molecule has 0 saturated heterocycles. The van der Waals surface area contributed by atoms with Crippen molar-refractivity contribution in [3.05, 3.63) is 22.4 Å². The average Bonchev–Trinajstić information content (AvgIpc) is 2.55. The number of hydrogen-bond acceptors (Lipinski definition) is 3. The molecule has 3 rings (SSSR count). The maximum Gasteiger partial charge on any atom is 0.236 e. The second-order valence-corrected chi connectivity index (χ2v) is 6.50. The first-order valence-corrected chi connectivity index (χ1v) is 6.92. The van der Waals surface area contributed by atoms with Gasteiger partial charge in [-0.2, -0.15) is 0 Å². The highest BCUT2D eigenvalue weighted by atomic mass is 79.9. The van der Waals surface area contributed by atoms with E-state index in [0.29, 0.717) is 25.7 Å². The predicted molar refractivity (Wildman–Crippen MR) is 71.3 cm³/mol. The van der Waals surface area contributed by atoms with Crippen molar-refractivity contribution in [2.45, 2.75) is 43.6 Å². The molecule has 1 aliphatic carbocycles. The van der Waals surface area contributed by atoms with Crippen LogP contribution in [0.2, 0.25) is 0 Å². The number of hydrogen-bond donors (Lipinski definition) is 2. The van der Waals surface area contributed by atoms with E-state index < -0.39 is 11.0 Å². The quantitative estimate of drug-likeness (QED) is 0.773. The van der Waals surface area contributed by atoms with Crippen molar-refractivity contribution in [3.8, 4) is 0 Å². The number of nitrogens with one attached hydrogen (secondary N) is 1.